The van der Waals surface area contributed by atoms with Crippen molar-refractivity contribution in [2.75, 3.05) is 6.61 Å². The van der Waals surface area contributed by atoms with Crippen molar-refractivity contribution in [3.63, 3.8) is 0 Å². The molecule has 12 heavy (non-hydrogen) atoms. The Morgan fingerprint density at radius 3 is 1.50 bits per heavy atom. The summed E-state index contributed by atoms with van der Waals surface area (Å²) in [5.41, 5.74) is 1.94. The minimum atomic E-state index is -1.56. The molecule has 0 spiro atoms. The molecule has 0 aromatic carbocycles. The summed E-state index contributed by atoms with van der Waals surface area (Å²) in [6, 6.07) is 7.81. The van der Waals surface area contributed by atoms with E-state index in [4.69, 9.17) is 19.7 Å². The number of furan rings is 2. The third-order valence-electron chi connectivity index (χ3n) is 1.22. The van der Waals surface area contributed by atoms with Gasteiger partial charge in [0.15, 0.2) is 6.29 Å². The number of fused-ring (bicyclic) bond motifs is 2. The predicted octanol–water partition coefficient (Wildman–Crippen LogP) is 0.160. The molecule has 0 aliphatic heterocycles. The summed E-state index contributed by atoms with van der Waals surface area (Å²) >= 11 is 0. The van der Waals surface area contributed by atoms with Crippen LogP contribution in [0, 0.1) is 0 Å². The molecule has 0 radical (unpaired) electrons. The van der Waals surface area contributed by atoms with Gasteiger partial charge in [-0.3, -0.25) is 0 Å². The van der Waals surface area contributed by atoms with Gasteiger partial charge in [-0.05, 0) is 24.3 Å². The molecule has 0 atom stereocenters. The highest BCUT2D eigenvalue weighted by Crippen LogP contribution is 2.13. The van der Waals surface area contributed by atoms with Gasteiger partial charge in [0.25, 0.3) is 0 Å². The van der Waals surface area contributed by atoms with Gasteiger partial charge in [-0.2, -0.15) is 0 Å². The van der Waals surface area contributed by atoms with Crippen molar-refractivity contribution in [3.8, 4) is 0 Å². The van der Waals surface area contributed by atoms with E-state index in [1.807, 2.05) is 24.3 Å². The first-order chi connectivity index (χ1) is 5.72. The van der Waals surface area contributed by atoms with E-state index in [0.29, 0.717) is 0 Å². The molecule has 0 fully saturated rings. The van der Waals surface area contributed by atoms with Crippen molar-refractivity contribution in [2.24, 2.45) is 0 Å². The Labute approximate surface area is 69.0 Å². The van der Waals surface area contributed by atoms with Gasteiger partial charge in [0, 0.05) is 0 Å². The highest BCUT2D eigenvalue weighted by molar-refractivity contribution is 5.59. The first kappa shape index (κ1) is 8.99. The maximum Gasteiger partial charge on any atom is 0.175 e. The normalized spacial score (nSPS) is 10.3. The zero-order chi connectivity index (χ0) is 8.97. The Hall–Kier alpha value is -1.10. The fourth-order valence-electron chi connectivity index (χ4n) is 0.712. The molecule has 0 aliphatic rings. The van der Waals surface area contributed by atoms with E-state index < -0.39 is 12.9 Å². The first-order valence-corrected chi connectivity index (χ1v) is 3.47. The van der Waals surface area contributed by atoms with Crippen LogP contribution in [-0.4, -0.2) is 28.2 Å². The molecule has 3 N–H and O–H groups in total. The lowest BCUT2D eigenvalue weighted by atomic mass is 10.4. The standard InChI is InChI=1S/C6H4O.C2H6O3/c1-2-6-4-3-5(1)7-6;3-1-2(4)5/h1-4H;2-5H,1H2. The smallest absolute Gasteiger partial charge is 0.175 e. The molecule has 0 saturated heterocycles. The Balaban J connectivity index is 0.000000130. The molecule has 2 heterocycles. The lowest BCUT2D eigenvalue weighted by Crippen LogP contribution is -2.08. The zero-order valence-electron chi connectivity index (χ0n) is 6.34. The molecule has 4 nitrogen and oxygen atoms in total. The molecule has 2 aromatic rings. The van der Waals surface area contributed by atoms with E-state index in [1.54, 1.807) is 0 Å². The van der Waals surface area contributed by atoms with Gasteiger partial charge in [-0.15, -0.1) is 0 Å². The molecule has 0 aliphatic carbocycles. The van der Waals surface area contributed by atoms with Gasteiger partial charge in [0.1, 0.15) is 11.2 Å². The molecule has 2 rings (SSSR count). The van der Waals surface area contributed by atoms with E-state index in [2.05, 4.69) is 0 Å². The van der Waals surface area contributed by atoms with E-state index in [9.17, 15) is 0 Å². The van der Waals surface area contributed by atoms with Gasteiger partial charge in [-0.25, -0.2) is 0 Å². The molecule has 2 aromatic heterocycles. The Kier molecular flexibility index (Phi) is 3.04. The molecule has 2 bridgehead atoms. The molecular formula is C8H10O4. The monoisotopic (exact) mass is 170 g/mol. The van der Waals surface area contributed by atoms with Crippen LogP contribution in [0.4, 0.5) is 0 Å². The third kappa shape index (κ3) is 2.50. The van der Waals surface area contributed by atoms with Crippen LogP contribution in [-0.2, 0) is 0 Å². The lowest BCUT2D eigenvalue weighted by molar-refractivity contribution is -0.0747. The number of aliphatic hydroxyl groups is 3. The second-order valence-corrected chi connectivity index (χ2v) is 2.24. The Morgan fingerprint density at radius 1 is 1.08 bits per heavy atom. The zero-order valence-corrected chi connectivity index (χ0v) is 6.34. The van der Waals surface area contributed by atoms with Crippen molar-refractivity contribution < 1.29 is 19.7 Å². The van der Waals surface area contributed by atoms with Crippen molar-refractivity contribution >= 4 is 11.2 Å². The van der Waals surface area contributed by atoms with Crippen molar-refractivity contribution in [1.82, 2.24) is 0 Å². The second-order valence-electron chi connectivity index (χ2n) is 2.24. The van der Waals surface area contributed by atoms with Crippen LogP contribution in [0.2, 0.25) is 0 Å². The Bertz CT molecular complexity index is 256. The molecule has 66 valence electrons. The quantitative estimate of drug-likeness (QED) is 0.533. The van der Waals surface area contributed by atoms with Gasteiger partial charge in [0.05, 0.1) is 6.61 Å². The van der Waals surface area contributed by atoms with Crippen LogP contribution in [0.3, 0.4) is 0 Å². The number of rotatable bonds is 1. The summed E-state index contributed by atoms with van der Waals surface area (Å²) in [5, 5.41) is 23.0. The summed E-state index contributed by atoms with van der Waals surface area (Å²) in [6.45, 7) is -0.583. The van der Waals surface area contributed by atoms with Crippen LogP contribution in [0.15, 0.2) is 28.7 Å². The summed E-state index contributed by atoms with van der Waals surface area (Å²) < 4.78 is 5.08. The molecule has 0 saturated carbocycles. The van der Waals surface area contributed by atoms with Crippen molar-refractivity contribution in [3.05, 3.63) is 24.3 Å². The lowest BCUT2D eigenvalue weighted by Gasteiger charge is -1.89. The summed E-state index contributed by atoms with van der Waals surface area (Å²) in [7, 11) is 0. The number of hydrogen-bond acceptors (Lipinski definition) is 4. The SMILES string of the molecule is OCC(O)O.c1cc2ccc1o2. The van der Waals surface area contributed by atoms with Gasteiger partial charge >= 0.3 is 0 Å². The van der Waals surface area contributed by atoms with Crippen molar-refractivity contribution in [2.45, 2.75) is 6.29 Å². The average molecular weight is 170 g/mol. The van der Waals surface area contributed by atoms with Crippen LogP contribution >= 0.6 is 0 Å². The van der Waals surface area contributed by atoms with E-state index in [0.717, 1.165) is 11.2 Å². The second kappa shape index (κ2) is 4.06. The maximum absolute atomic E-state index is 7.67. The van der Waals surface area contributed by atoms with Crippen LogP contribution in [0.25, 0.3) is 11.2 Å². The van der Waals surface area contributed by atoms with Crippen LogP contribution in [0.1, 0.15) is 0 Å². The van der Waals surface area contributed by atoms with Crippen molar-refractivity contribution in [1.29, 1.82) is 0 Å². The van der Waals surface area contributed by atoms with E-state index in [-0.39, 0.29) is 0 Å². The predicted molar refractivity (Wildman–Crippen MR) is 42.7 cm³/mol. The van der Waals surface area contributed by atoms with E-state index >= 15 is 0 Å². The number of aliphatic hydroxyl groups excluding tert-OH is 2. The van der Waals surface area contributed by atoms with Gasteiger partial charge in [-0.1, -0.05) is 0 Å². The van der Waals surface area contributed by atoms with Gasteiger partial charge in [0.2, 0.25) is 0 Å². The number of hydrogen-bond donors (Lipinski definition) is 3. The Morgan fingerprint density at radius 2 is 1.42 bits per heavy atom. The summed E-state index contributed by atoms with van der Waals surface area (Å²) in [5.74, 6) is 0. The summed E-state index contributed by atoms with van der Waals surface area (Å²) in [4.78, 5) is 0. The fraction of sp³-hybridized carbons (Fsp3) is 0.250. The van der Waals surface area contributed by atoms with Gasteiger partial charge < -0.3 is 19.7 Å². The molecule has 0 amide bonds. The topological polar surface area (TPSA) is 73.8 Å². The highest BCUT2D eigenvalue weighted by atomic mass is 16.5. The fourth-order valence-corrected chi connectivity index (χ4v) is 0.712. The minimum Gasteiger partial charge on any atom is -0.457 e. The third-order valence-corrected chi connectivity index (χ3v) is 1.22. The van der Waals surface area contributed by atoms with E-state index in [1.165, 1.54) is 0 Å². The number of benzene rings is 1. The van der Waals surface area contributed by atoms with Crippen LogP contribution in [0.5, 0.6) is 0 Å². The molecule has 0 unspecified atom stereocenters. The molecule has 4 heteroatoms. The summed E-state index contributed by atoms with van der Waals surface area (Å²) in [6.07, 6.45) is -1.56. The first-order valence-electron chi connectivity index (χ1n) is 3.47. The maximum atomic E-state index is 7.67. The van der Waals surface area contributed by atoms with Crippen LogP contribution < -0.4 is 0 Å². The minimum absolute atomic E-state index is 0.583. The molecular weight excluding hydrogens is 160 g/mol. The average Bonchev–Trinajstić information content (AvgIpc) is 2.67. The highest BCUT2D eigenvalue weighted by Gasteiger charge is 1.91. The largest absolute Gasteiger partial charge is 0.457 e.